The Bertz CT molecular complexity index is 847. The van der Waals surface area contributed by atoms with Crippen LogP contribution in [0, 0.1) is 13.8 Å². The van der Waals surface area contributed by atoms with Crippen molar-refractivity contribution in [2.75, 3.05) is 0 Å². The second kappa shape index (κ2) is 7.21. The number of hydrogen-bond donors (Lipinski definition) is 0. The van der Waals surface area contributed by atoms with Crippen LogP contribution in [0.15, 0.2) is 32.4 Å². The van der Waals surface area contributed by atoms with E-state index in [0.29, 0.717) is 33.9 Å². The van der Waals surface area contributed by atoms with Crippen LogP contribution >= 0.6 is 11.8 Å². The van der Waals surface area contributed by atoms with E-state index in [1.165, 1.54) is 11.8 Å². The van der Waals surface area contributed by atoms with Crippen molar-refractivity contribution >= 4 is 17.7 Å². The van der Waals surface area contributed by atoms with E-state index in [1.54, 1.807) is 32.2 Å². The van der Waals surface area contributed by atoms with Crippen molar-refractivity contribution < 1.29 is 18.6 Å². The molecule has 3 aromatic rings. The van der Waals surface area contributed by atoms with Crippen LogP contribution in [0.3, 0.4) is 0 Å². The van der Waals surface area contributed by atoms with Gasteiger partial charge in [-0.3, -0.25) is 0 Å². The van der Waals surface area contributed by atoms with Crippen molar-refractivity contribution in [2.24, 2.45) is 0 Å². The predicted octanol–water partition coefficient (Wildman–Crippen LogP) is 2.11. The number of carbonyl (C=O) groups is 1. The smallest absolute Gasteiger partial charge is 0.341 e. The fraction of sp³-hybridized carbons (Fsp3) is 0.286. The summed E-state index contributed by atoms with van der Waals surface area (Å²) in [4.78, 5) is 24.5. The zero-order valence-corrected chi connectivity index (χ0v) is 13.7. The Morgan fingerprint density at radius 3 is 2.54 bits per heavy atom. The molecule has 0 spiro atoms. The molecule has 0 unspecified atom stereocenters. The minimum atomic E-state index is -0.525. The molecule has 0 aliphatic carbocycles. The Morgan fingerprint density at radius 2 is 1.88 bits per heavy atom. The number of pyridine rings is 1. The topological polar surface area (TPSA) is 117 Å². The van der Waals surface area contributed by atoms with E-state index in [4.69, 9.17) is 13.8 Å². The first-order chi connectivity index (χ1) is 11.6. The van der Waals surface area contributed by atoms with Crippen LogP contribution in [-0.4, -0.2) is 31.2 Å². The number of hydrogen-bond acceptors (Lipinski definition) is 10. The van der Waals surface area contributed by atoms with Crippen molar-refractivity contribution in [3.05, 3.63) is 47.3 Å². The van der Waals surface area contributed by atoms with Gasteiger partial charge in [0.05, 0.1) is 11.3 Å². The lowest BCUT2D eigenvalue weighted by Gasteiger charge is -2.06. The van der Waals surface area contributed by atoms with Gasteiger partial charge >= 0.3 is 5.97 Å². The van der Waals surface area contributed by atoms with Crippen molar-refractivity contribution in [3.63, 3.8) is 0 Å². The molecule has 124 valence electrons. The fourth-order valence-electron chi connectivity index (χ4n) is 1.79. The van der Waals surface area contributed by atoms with Crippen molar-refractivity contribution in [2.45, 2.75) is 31.2 Å². The highest BCUT2D eigenvalue weighted by Gasteiger charge is 2.17. The Kier molecular flexibility index (Phi) is 4.85. The molecule has 24 heavy (non-hydrogen) atoms. The van der Waals surface area contributed by atoms with E-state index >= 15 is 0 Å². The molecule has 0 N–H and O–H groups in total. The van der Waals surface area contributed by atoms with Gasteiger partial charge in [-0.05, 0) is 26.0 Å². The molecule has 0 saturated carbocycles. The Morgan fingerprint density at radius 1 is 1.17 bits per heavy atom. The molecule has 0 saturated heterocycles. The first kappa shape index (κ1) is 16.1. The van der Waals surface area contributed by atoms with E-state index in [-0.39, 0.29) is 12.5 Å². The van der Waals surface area contributed by atoms with Gasteiger partial charge in [-0.2, -0.15) is 9.97 Å². The van der Waals surface area contributed by atoms with Gasteiger partial charge in [0.1, 0.15) is 5.03 Å². The summed E-state index contributed by atoms with van der Waals surface area (Å²) in [5, 5.41) is 7.86. The van der Waals surface area contributed by atoms with Crippen LogP contribution in [0.25, 0.3) is 0 Å². The van der Waals surface area contributed by atoms with E-state index < -0.39 is 5.97 Å². The lowest BCUT2D eigenvalue weighted by Crippen LogP contribution is -2.08. The third-order valence-corrected chi connectivity index (χ3v) is 3.78. The maximum atomic E-state index is 12.2. The van der Waals surface area contributed by atoms with E-state index in [0.717, 1.165) is 0 Å². The fourth-order valence-corrected chi connectivity index (χ4v) is 2.61. The zero-order chi connectivity index (χ0) is 16.9. The van der Waals surface area contributed by atoms with Gasteiger partial charge in [0.25, 0.3) is 5.89 Å². The van der Waals surface area contributed by atoms with Crippen LogP contribution in [0.5, 0.6) is 0 Å². The monoisotopic (exact) mass is 347 g/mol. The standard InChI is InChI=1S/C14H13N5O4S/c1-8-16-11(22-18-8)6-21-14(20)10-4-3-5-15-13(10)24-7-12-17-9(2)19-23-12/h3-5H,6-7H2,1-2H3. The first-order valence-electron chi connectivity index (χ1n) is 6.95. The van der Waals surface area contributed by atoms with Gasteiger partial charge < -0.3 is 13.8 Å². The van der Waals surface area contributed by atoms with Crippen molar-refractivity contribution in [3.8, 4) is 0 Å². The van der Waals surface area contributed by atoms with Crippen LogP contribution in [0.4, 0.5) is 0 Å². The van der Waals surface area contributed by atoms with Gasteiger partial charge in [-0.1, -0.05) is 22.1 Å². The van der Waals surface area contributed by atoms with Crippen LogP contribution in [-0.2, 0) is 17.1 Å². The molecule has 0 fully saturated rings. The molecule has 3 aromatic heterocycles. The molecule has 0 aliphatic rings. The molecular formula is C14H13N5O4S. The summed E-state index contributed by atoms with van der Waals surface area (Å²) in [7, 11) is 0. The average molecular weight is 347 g/mol. The van der Waals surface area contributed by atoms with Crippen molar-refractivity contribution in [1.29, 1.82) is 0 Å². The predicted molar refractivity (Wildman–Crippen MR) is 81.0 cm³/mol. The average Bonchev–Trinajstić information content (AvgIpc) is 3.19. The van der Waals surface area contributed by atoms with Crippen molar-refractivity contribution in [1.82, 2.24) is 25.3 Å². The molecule has 0 amide bonds. The number of aryl methyl sites for hydroxylation is 2. The SMILES string of the molecule is Cc1noc(COC(=O)c2cccnc2SCc2nc(C)no2)n1. The molecule has 9 nitrogen and oxygen atoms in total. The van der Waals surface area contributed by atoms with Gasteiger partial charge in [0.2, 0.25) is 5.89 Å². The number of thioether (sulfide) groups is 1. The molecule has 3 heterocycles. The summed E-state index contributed by atoms with van der Waals surface area (Å²) >= 11 is 1.31. The van der Waals surface area contributed by atoms with Crippen LogP contribution in [0.2, 0.25) is 0 Å². The Balaban J connectivity index is 1.65. The minimum absolute atomic E-state index is 0.0957. The second-order valence-electron chi connectivity index (χ2n) is 4.69. The number of rotatable bonds is 6. The number of aromatic nitrogens is 5. The molecule has 0 aliphatic heterocycles. The highest BCUT2D eigenvalue weighted by atomic mass is 32.2. The highest BCUT2D eigenvalue weighted by Crippen LogP contribution is 2.24. The molecule has 0 atom stereocenters. The Labute approximate surface area is 140 Å². The summed E-state index contributed by atoms with van der Waals surface area (Å²) in [6, 6.07) is 3.30. The number of nitrogens with zero attached hydrogens (tertiary/aromatic N) is 5. The third-order valence-electron chi connectivity index (χ3n) is 2.79. The number of ether oxygens (including phenoxy) is 1. The minimum Gasteiger partial charge on any atom is -0.452 e. The van der Waals surface area contributed by atoms with Gasteiger partial charge in [-0.25, -0.2) is 9.78 Å². The van der Waals surface area contributed by atoms with Gasteiger partial charge in [0.15, 0.2) is 18.3 Å². The zero-order valence-electron chi connectivity index (χ0n) is 12.9. The molecular weight excluding hydrogens is 334 g/mol. The lowest BCUT2D eigenvalue weighted by atomic mass is 10.3. The van der Waals surface area contributed by atoms with E-state index in [1.807, 2.05) is 0 Å². The van der Waals surface area contributed by atoms with Crippen LogP contribution < -0.4 is 0 Å². The maximum Gasteiger partial charge on any atom is 0.341 e. The van der Waals surface area contributed by atoms with Gasteiger partial charge in [0, 0.05) is 6.20 Å². The highest BCUT2D eigenvalue weighted by molar-refractivity contribution is 7.98. The quantitative estimate of drug-likeness (QED) is 0.484. The summed E-state index contributed by atoms with van der Waals surface area (Å²) in [6.07, 6.45) is 1.60. The van der Waals surface area contributed by atoms with Crippen LogP contribution in [0.1, 0.15) is 33.8 Å². The molecule has 0 radical (unpaired) electrons. The van der Waals surface area contributed by atoms with E-state index in [9.17, 15) is 4.79 Å². The third kappa shape index (κ3) is 3.96. The summed E-state index contributed by atoms with van der Waals surface area (Å²) in [6.45, 7) is 3.33. The molecule has 3 rings (SSSR count). The summed E-state index contributed by atoms with van der Waals surface area (Å²) in [5.74, 6) is 1.61. The molecule has 10 heteroatoms. The lowest BCUT2D eigenvalue weighted by molar-refractivity contribution is 0.0424. The largest absolute Gasteiger partial charge is 0.452 e. The van der Waals surface area contributed by atoms with E-state index in [2.05, 4.69) is 25.3 Å². The number of carbonyl (C=O) groups excluding carboxylic acids is 1. The summed E-state index contributed by atoms with van der Waals surface area (Å²) < 4.78 is 15.1. The Hall–Kier alpha value is -2.75. The normalized spacial score (nSPS) is 10.8. The number of esters is 1. The van der Waals surface area contributed by atoms with Gasteiger partial charge in [-0.15, -0.1) is 0 Å². The molecule has 0 aromatic carbocycles. The molecule has 0 bridgehead atoms. The second-order valence-corrected chi connectivity index (χ2v) is 5.66. The maximum absolute atomic E-state index is 12.2. The first-order valence-corrected chi connectivity index (χ1v) is 7.93. The summed E-state index contributed by atoms with van der Waals surface area (Å²) in [5.41, 5.74) is 0.343.